The molecule has 8 nitrogen and oxygen atoms in total. The van der Waals surface area contributed by atoms with Gasteiger partial charge in [0.25, 0.3) is 0 Å². The van der Waals surface area contributed by atoms with Gasteiger partial charge in [0.2, 0.25) is 5.91 Å². The van der Waals surface area contributed by atoms with Crippen molar-refractivity contribution in [2.45, 2.75) is 51.0 Å². The van der Waals surface area contributed by atoms with Gasteiger partial charge in [-0.15, -0.1) is 0 Å². The summed E-state index contributed by atoms with van der Waals surface area (Å²) in [5.74, 6) is -0.167. The minimum Gasteiger partial charge on any atom is -0.481 e. The molecule has 0 spiro atoms. The summed E-state index contributed by atoms with van der Waals surface area (Å²) in [5, 5.41) is 15.2. The monoisotopic (exact) mass is 383 g/mol. The SMILES string of the molecule is O=C(O)C[C@H](NC(=O)CCCCc1ccc2c(n1)NCCC2)c1cncnc1. The number of aromatic nitrogens is 3. The Morgan fingerprint density at radius 1 is 1.21 bits per heavy atom. The molecule has 1 amide bonds. The molecule has 8 heteroatoms. The first-order chi connectivity index (χ1) is 13.6. The number of carboxylic acid groups (broad SMARTS) is 1. The summed E-state index contributed by atoms with van der Waals surface area (Å²) in [4.78, 5) is 35.8. The molecule has 0 saturated carbocycles. The van der Waals surface area contributed by atoms with E-state index in [1.807, 2.05) is 0 Å². The quantitative estimate of drug-likeness (QED) is 0.569. The van der Waals surface area contributed by atoms with E-state index in [0.717, 1.165) is 43.7 Å². The molecule has 0 fully saturated rings. The Morgan fingerprint density at radius 2 is 2.04 bits per heavy atom. The summed E-state index contributed by atoms with van der Waals surface area (Å²) >= 11 is 0. The highest BCUT2D eigenvalue weighted by Gasteiger charge is 2.18. The number of hydrogen-bond donors (Lipinski definition) is 3. The number of unbranched alkanes of at least 4 members (excludes halogenated alkanes) is 1. The van der Waals surface area contributed by atoms with Gasteiger partial charge in [-0.25, -0.2) is 15.0 Å². The smallest absolute Gasteiger partial charge is 0.305 e. The summed E-state index contributed by atoms with van der Waals surface area (Å²) in [6.07, 6.45) is 9.13. The molecule has 2 aromatic heterocycles. The number of nitrogens with zero attached hydrogens (tertiary/aromatic N) is 3. The first-order valence-electron chi connectivity index (χ1n) is 9.60. The third-order valence-corrected chi connectivity index (χ3v) is 4.74. The van der Waals surface area contributed by atoms with E-state index in [9.17, 15) is 9.59 Å². The fourth-order valence-corrected chi connectivity index (χ4v) is 3.28. The standard InChI is InChI=1S/C20H25N5O3/c26-18(25-17(10-19(27)28)15-11-21-13-22-12-15)6-2-1-5-16-8-7-14-4-3-9-23-20(14)24-16/h7-8,11-13,17H,1-6,9-10H2,(H,23,24)(H,25,26)(H,27,28)/t17-/m0/s1. The van der Waals surface area contributed by atoms with Crippen molar-refractivity contribution >= 4 is 17.7 Å². The van der Waals surface area contributed by atoms with Crippen LogP contribution in [0.3, 0.4) is 0 Å². The average Bonchev–Trinajstić information content (AvgIpc) is 2.71. The Balaban J connectivity index is 1.45. The van der Waals surface area contributed by atoms with Crippen LogP contribution in [0.5, 0.6) is 0 Å². The Kier molecular flexibility index (Phi) is 6.89. The van der Waals surface area contributed by atoms with Crippen LogP contribution in [0.25, 0.3) is 0 Å². The Morgan fingerprint density at radius 3 is 2.82 bits per heavy atom. The van der Waals surface area contributed by atoms with Crippen molar-refractivity contribution < 1.29 is 14.7 Å². The highest BCUT2D eigenvalue weighted by atomic mass is 16.4. The molecule has 0 radical (unpaired) electrons. The molecule has 1 aliphatic rings. The molecule has 28 heavy (non-hydrogen) atoms. The minimum absolute atomic E-state index is 0.171. The van der Waals surface area contributed by atoms with E-state index in [1.54, 1.807) is 0 Å². The molecular formula is C20H25N5O3. The van der Waals surface area contributed by atoms with Crippen molar-refractivity contribution in [3.05, 3.63) is 47.7 Å². The number of pyridine rings is 1. The molecule has 3 rings (SSSR count). The average molecular weight is 383 g/mol. The number of aliphatic carboxylic acids is 1. The summed E-state index contributed by atoms with van der Waals surface area (Å²) < 4.78 is 0. The van der Waals surface area contributed by atoms with Crippen molar-refractivity contribution in [1.82, 2.24) is 20.3 Å². The Labute approximate surface area is 163 Å². The highest BCUT2D eigenvalue weighted by Crippen LogP contribution is 2.20. The van der Waals surface area contributed by atoms with Gasteiger partial charge < -0.3 is 15.7 Å². The van der Waals surface area contributed by atoms with Crippen LogP contribution in [-0.4, -0.2) is 38.5 Å². The molecule has 1 aliphatic heterocycles. The minimum atomic E-state index is -0.985. The van der Waals surface area contributed by atoms with Crippen LogP contribution in [0.1, 0.15) is 55.0 Å². The second kappa shape index (κ2) is 9.77. The lowest BCUT2D eigenvalue weighted by molar-refractivity contribution is -0.137. The van der Waals surface area contributed by atoms with Gasteiger partial charge in [-0.2, -0.15) is 0 Å². The maximum Gasteiger partial charge on any atom is 0.305 e. The van der Waals surface area contributed by atoms with Crippen LogP contribution < -0.4 is 10.6 Å². The van der Waals surface area contributed by atoms with Crippen molar-refractivity contribution in [2.75, 3.05) is 11.9 Å². The first-order valence-corrected chi connectivity index (χ1v) is 9.60. The highest BCUT2D eigenvalue weighted by molar-refractivity contribution is 5.77. The van der Waals surface area contributed by atoms with E-state index in [2.05, 4.69) is 37.7 Å². The van der Waals surface area contributed by atoms with Crippen LogP contribution in [-0.2, 0) is 22.4 Å². The number of carboxylic acids is 1. The van der Waals surface area contributed by atoms with Crippen molar-refractivity contribution in [1.29, 1.82) is 0 Å². The third kappa shape index (κ3) is 5.73. The van der Waals surface area contributed by atoms with Crippen LogP contribution in [0.15, 0.2) is 30.9 Å². The molecule has 0 aromatic carbocycles. The molecule has 1 atom stereocenters. The number of rotatable bonds is 9. The van der Waals surface area contributed by atoms with Crippen LogP contribution in [0.4, 0.5) is 5.82 Å². The fourth-order valence-electron chi connectivity index (χ4n) is 3.28. The number of amides is 1. The maximum absolute atomic E-state index is 12.2. The van der Waals surface area contributed by atoms with Gasteiger partial charge in [-0.3, -0.25) is 9.59 Å². The molecule has 0 unspecified atom stereocenters. The maximum atomic E-state index is 12.2. The molecule has 0 aliphatic carbocycles. The van der Waals surface area contributed by atoms with Crippen LogP contribution in [0, 0.1) is 0 Å². The van der Waals surface area contributed by atoms with Gasteiger partial charge in [-0.1, -0.05) is 6.07 Å². The lowest BCUT2D eigenvalue weighted by Crippen LogP contribution is -2.30. The van der Waals surface area contributed by atoms with Crippen molar-refractivity contribution in [3.8, 4) is 0 Å². The van der Waals surface area contributed by atoms with Crippen molar-refractivity contribution in [3.63, 3.8) is 0 Å². The predicted molar refractivity (Wildman–Crippen MR) is 104 cm³/mol. The molecule has 0 saturated heterocycles. The summed E-state index contributed by atoms with van der Waals surface area (Å²) in [6, 6.07) is 3.57. The predicted octanol–water partition coefficient (Wildman–Crippen LogP) is 2.27. The molecule has 2 aromatic rings. The van der Waals surface area contributed by atoms with E-state index < -0.39 is 12.0 Å². The molecule has 148 valence electrons. The van der Waals surface area contributed by atoms with Crippen LogP contribution in [0.2, 0.25) is 0 Å². The molecule has 3 N–H and O–H groups in total. The van der Waals surface area contributed by atoms with Gasteiger partial charge in [-0.05, 0) is 43.7 Å². The normalized spacial score (nSPS) is 13.9. The molecular weight excluding hydrogens is 358 g/mol. The topological polar surface area (TPSA) is 117 Å². The zero-order valence-corrected chi connectivity index (χ0v) is 15.7. The van der Waals surface area contributed by atoms with Gasteiger partial charge in [0.1, 0.15) is 12.1 Å². The lowest BCUT2D eigenvalue weighted by atomic mass is 10.0. The van der Waals surface area contributed by atoms with Crippen molar-refractivity contribution in [2.24, 2.45) is 0 Å². The third-order valence-electron chi connectivity index (χ3n) is 4.74. The van der Waals surface area contributed by atoms with Gasteiger partial charge >= 0.3 is 5.97 Å². The summed E-state index contributed by atoms with van der Waals surface area (Å²) in [5.41, 5.74) is 2.88. The lowest BCUT2D eigenvalue weighted by Gasteiger charge is -2.17. The number of hydrogen-bond acceptors (Lipinski definition) is 6. The largest absolute Gasteiger partial charge is 0.481 e. The Hall–Kier alpha value is -3.03. The van der Waals surface area contributed by atoms with E-state index in [1.165, 1.54) is 24.3 Å². The number of aryl methyl sites for hydroxylation is 2. The second-order valence-corrected chi connectivity index (χ2v) is 6.94. The van der Waals surface area contributed by atoms with E-state index in [-0.39, 0.29) is 12.3 Å². The zero-order valence-electron chi connectivity index (χ0n) is 15.7. The molecule has 3 heterocycles. The fraction of sp³-hybridized carbons (Fsp3) is 0.450. The van der Waals surface area contributed by atoms with E-state index >= 15 is 0 Å². The number of nitrogens with one attached hydrogen (secondary N) is 2. The van der Waals surface area contributed by atoms with Gasteiger partial charge in [0.05, 0.1) is 12.5 Å². The number of carbonyl (C=O) groups is 2. The van der Waals surface area contributed by atoms with E-state index in [0.29, 0.717) is 18.4 Å². The zero-order chi connectivity index (χ0) is 19.8. The number of anilines is 1. The van der Waals surface area contributed by atoms with E-state index in [4.69, 9.17) is 5.11 Å². The second-order valence-electron chi connectivity index (χ2n) is 6.94. The Bertz CT molecular complexity index is 813. The van der Waals surface area contributed by atoms with Crippen LogP contribution >= 0.6 is 0 Å². The molecule has 0 bridgehead atoms. The summed E-state index contributed by atoms with van der Waals surface area (Å²) in [7, 11) is 0. The number of fused-ring (bicyclic) bond motifs is 1. The summed E-state index contributed by atoms with van der Waals surface area (Å²) in [6.45, 7) is 0.966. The van der Waals surface area contributed by atoms with Gasteiger partial charge in [0.15, 0.2) is 0 Å². The number of carbonyl (C=O) groups excluding carboxylic acids is 1. The van der Waals surface area contributed by atoms with Gasteiger partial charge in [0, 0.05) is 36.6 Å². The first kappa shape index (κ1) is 19.7.